The average molecular weight is 334 g/mol. The number of urea groups is 1. The molecule has 0 aliphatic heterocycles. The fraction of sp³-hybridized carbons (Fsp3) is 0.154. The summed E-state index contributed by atoms with van der Waals surface area (Å²) in [5.74, 6) is 0. The van der Waals surface area contributed by atoms with Gasteiger partial charge in [-0.3, -0.25) is 5.10 Å². The first-order valence-corrected chi connectivity index (χ1v) is 5.63. The van der Waals surface area contributed by atoms with Crippen LogP contribution in [0.3, 0.4) is 0 Å². The van der Waals surface area contributed by atoms with Gasteiger partial charge in [-0.05, 0) is 12.1 Å². The number of benzene rings is 1. The van der Waals surface area contributed by atoms with Gasteiger partial charge >= 0.3 is 6.03 Å². The Morgan fingerprint density at radius 1 is 1.32 bits per heavy atom. The van der Waals surface area contributed by atoms with Crippen LogP contribution < -0.4 is 10.6 Å². The van der Waals surface area contributed by atoms with E-state index in [1.807, 2.05) is 30.3 Å². The number of anilines is 1. The first-order chi connectivity index (χ1) is 8.84. The maximum atomic E-state index is 11.5. The third kappa shape index (κ3) is 7.08. The van der Waals surface area contributed by atoms with Crippen LogP contribution in [0.15, 0.2) is 42.7 Å². The molecule has 2 rings (SSSR count). The number of hydrogen-bond acceptors (Lipinski definition) is 2. The van der Waals surface area contributed by atoms with Crippen LogP contribution in [0.5, 0.6) is 0 Å². The Morgan fingerprint density at radius 2 is 2.00 bits per heavy atom. The fourth-order valence-corrected chi connectivity index (χ4v) is 1.25. The predicted molar refractivity (Wildman–Crippen MR) is 71.9 cm³/mol. The number of nitrogens with one attached hydrogen (secondary N) is 3. The maximum absolute atomic E-state index is 11.5. The zero-order chi connectivity index (χ0) is 13.2. The maximum Gasteiger partial charge on any atom is 0.319 e. The molecular formula is C13H17N4OY-. The number of hydrogen-bond donors (Lipinski definition) is 3. The summed E-state index contributed by atoms with van der Waals surface area (Å²) in [6.45, 7) is 5.45. The van der Waals surface area contributed by atoms with Crippen LogP contribution in [0.2, 0.25) is 0 Å². The minimum absolute atomic E-state index is 0. The molecule has 0 bridgehead atoms. The van der Waals surface area contributed by atoms with Crippen LogP contribution in [-0.4, -0.2) is 16.2 Å². The number of aromatic nitrogens is 2. The Kier molecular flexibility index (Phi) is 10.0. The molecule has 0 aliphatic carbocycles. The molecule has 0 saturated heterocycles. The van der Waals surface area contributed by atoms with Crippen LogP contribution in [-0.2, 0) is 39.3 Å². The van der Waals surface area contributed by atoms with Crippen molar-refractivity contribution in [1.82, 2.24) is 15.5 Å². The van der Waals surface area contributed by atoms with Gasteiger partial charge in [0.2, 0.25) is 0 Å². The molecule has 0 spiro atoms. The molecule has 6 heteroatoms. The van der Waals surface area contributed by atoms with E-state index in [0.29, 0.717) is 6.54 Å². The van der Waals surface area contributed by atoms with E-state index in [-0.39, 0.29) is 38.7 Å². The summed E-state index contributed by atoms with van der Waals surface area (Å²) in [5, 5.41) is 11.9. The SMILES string of the molecule is O=C(NCc1cn[nH]c1)Nc1ccccc1.[CH2-]C.[Y]. The second kappa shape index (κ2) is 10.7. The number of carbonyl (C=O) groups excluding carboxylic acids is 1. The van der Waals surface area contributed by atoms with Gasteiger partial charge in [-0.15, -0.1) is 0 Å². The molecule has 0 saturated carbocycles. The third-order valence-corrected chi connectivity index (χ3v) is 2.04. The van der Waals surface area contributed by atoms with Gasteiger partial charge in [0, 0.05) is 56.7 Å². The Morgan fingerprint density at radius 3 is 2.58 bits per heavy atom. The Bertz CT molecular complexity index is 445. The van der Waals surface area contributed by atoms with Crippen molar-refractivity contribution < 1.29 is 37.5 Å². The number of amides is 2. The molecule has 1 heterocycles. The molecule has 0 unspecified atom stereocenters. The molecule has 1 aromatic carbocycles. The number of nitrogens with zero attached hydrogens (tertiary/aromatic N) is 1. The molecule has 1 radical (unpaired) electrons. The van der Waals surface area contributed by atoms with E-state index < -0.39 is 0 Å². The van der Waals surface area contributed by atoms with E-state index in [1.54, 1.807) is 19.3 Å². The quantitative estimate of drug-likeness (QED) is 0.755. The first kappa shape index (κ1) is 17.8. The van der Waals surface area contributed by atoms with Gasteiger partial charge in [0.15, 0.2) is 0 Å². The smallest absolute Gasteiger partial charge is 0.319 e. The molecule has 0 fully saturated rings. The van der Waals surface area contributed by atoms with E-state index in [9.17, 15) is 4.79 Å². The number of rotatable bonds is 3. The summed E-state index contributed by atoms with van der Waals surface area (Å²) in [6, 6.07) is 9.06. The van der Waals surface area contributed by atoms with E-state index in [4.69, 9.17) is 0 Å². The Hall–Kier alpha value is -1.20. The summed E-state index contributed by atoms with van der Waals surface area (Å²) in [6.07, 6.45) is 3.41. The Labute approximate surface area is 138 Å². The zero-order valence-electron chi connectivity index (χ0n) is 10.9. The molecule has 0 aliphatic rings. The molecule has 19 heavy (non-hydrogen) atoms. The standard InChI is InChI=1S/C11H12N4O.C2H5.Y/c16-11(12-6-9-7-13-14-8-9)15-10-4-2-1-3-5-10;1-2;/h1-5,7-8H,6H2,(H,13,14)(H2,12,15,16);1H2,2H3;/q;-1;. The van der Waals surface area contributed by atoms with Crippen LogP contribution in [0.4, 0.5) is 10.5 Å². The van der Waals surface area contributed by atoms with Gasteiger partial charge < -0.3 is 17.6 Å². The molecule has 0 atom stereocenters. The number of H-pyrrole nitrogens is 1. The third-order valence-electron chi connectivity index (χ3n) is 2.04. The van der Waals surface area contributed by atoms with Crippen LogP contribution in [0.25, 0.3) is 0 Å². The van der Waals surface area contributed by atoms with Crippen LogP contribution in [0.1, 0.15) is 12.5 Å². The van der Waals surface area contributed by atoms with Crippen molar-refractivity contribution in [3.05, 3.63) is 55.2 Å². The van der Waals surface area contributed by atoms with Gasteiger partial charge in [0.05, 0.1) is 6.20 Å². The Balaban J connectivity index is 0.00000103. The molecule has 5 nitrogen and oxygen atoms in total. The van der Waals surface area contributed by atoms with E-state index in [2.05, 4.69) is 27.8 Å². The first-order valence-electron chi connectivity index (χ1n) is 5.63. The van der Waals surface area contributed by atoms with E-state index in [0.717, 1.165) is 11.3 Å². The van der Waals surface area contributed by atoms with Crippen molar-refractivity contribution in [2.24, 2.45) is 0 Å². The fourth-order valence-electron chi connectivity index (χ4n) is 1.25. The largest absolute Gasteiger partial charge is 0.346 e. The van der Waals surface area contributed by atoms with Crippen LogP contribution in [0, 0.1) is 6.92 Å². The van der Waals surface area contributed by atoms with Crippen molar-refractivity contribution >= 4 is 11.7 Å². The minimum atomic E-state index is -0.229. The molecule has 3 N–H and O–H groups in total. The molecule has 2 amide bonds. The van der Waals surface area contributed by atoms with Crippen molar-refractivity contribution in [3.63, 3.8) is 0 Å². The molecule has 1 aromatic heterocycles. The van der Waals surface area contributed by atoms with Crippen molar-refractivity contribution in [2.75, 3.05) is 5.32 Å². The summed E-state index contributed by atoms with van der Waals surface area (Å²) in [7, 11) is 0. The zero-order valence-corrected chi connectivity index (χ0v) is 13.7. The van der Waals surface area contributed by atoms with Gasteiger partial charge in [0.25, 0.3) is 0 Å². The molecular weight excluding hydrogens is 317 g/mol. The minimum Gasteiger partial charge on any atom is -0.346 e. The van der Waals surface area contributed by atoms with Gasteiger partial charge in [-0.1, -0.05) is 18.2 Å². The van der Waals surface area contributed by atoms with E-state index in [1.165, 1.54) is 0 Å². The second-order valence-corrected chi connectivity index (χ2v) is 3.28. The van der Waals surface area contributed by atoms with Gasteiger partial charge in [-0.2, -0.15) is 12.0 Å². The summed E-state index contributed by atoms with van der Waals surface area (Å²) < 4.78 is 0. The van der Waals surface area contributed by atoms with Gasteiger partial charge in [-0.25, -0.2) is 4.79 Å². The summed E-state index contributed by atoms with van der Waals surface area (Å²) in [4.78, 5) is 11.5. The van der Waals surface area contributed by atoms with Crippen molar-refractivity contribution in [2.45, 2.75) is 13.5 Å². The van der Waals surface area contributed by atoms with E-state index >= 15 is 0 Å². The summed E-state index contributed by atoms with van der Waals surface area (Å²) >= 11 is 0. The van der Waals surface area contributed by atoms with Crippen LogP contribution >= 0.6 is 0 Å². The average Bonchev–Trinajstić information content (AvgIpc) is 2.93. The normalized spacial score (nSPS) is 8.53. The topological polar surface area (TPSA) is 69.8 Å². The summed E-state index contributed by atoms with van der Waals surface area (Å²) in [5.41, 5.74) is 1.70. The monoisotopic (exact) mass is 334 g/mol. The second-order valence-electron chi connectivity index (χ2n) is 3.28. The molecule has 2 aromatic rings. The predicted octanol–water partition coefficient (Wildman–Crippen LogP) is 2.57. The molecule has 99 valence electrons. The van der Waals surface area contributed by atoms with Crippen molar-refractivity contribution in [3.8, 4) is 0 Å². The number of para-hydroxylation sites is 1. The number of aromatic amines is 1. The van der Waals surface area contributed by atoms with Gasteiger partial charge in [0.1, 0.15) is 0 Å². The number of carbonyl (C=O) groups is 1. The van der Waals surface area contributed by atoms with Crippen molar-refractivity contribution in [1.29, 1.82) is 0 Å².